The third kappa shape index (κ3) is 2.14. The number of likely N-dealkylation sites (N-methyl/N-ethyl adjacent to an activating group) is 1. The number of benzene rings is 2. The highest BCUT2D eigenvalue weighted by Gasteiger charge is 2.67. The Balaban J connectivity index is 1.55. The SMILES string of the molecule is CN1C(=O)[C@]2(SC[C@H]3C(=O)N(Cc4ccc(Cl)cc4)C(=O)N32)c2ccccc21. The molecule has 0 N–H and O–H groups in total. The molecular weight excluding hydrogens is 398 g/mol. The van der Waals surface area contributed by atoms with Crippen LogP contribution in [0.3, 0.4) is 0 Å². The smallest absolute Gasteiger partial charge is 0.312 e. The number of carbonyl (C=O) groups is 3. The van der Waals surface area contributed by atoms with E-state index in [0.717, 1.165) is 16.8 Å². The first kappa shape index (κ1) is 17.6. The molecule has 6 nitrogen and oxygen atoms in total. The highest BCUT2D eigenvalue weighted by atomic mass is 35.5. The van der Waals surface area contributed by atoms with Gasteiger partial charge in [0.15, 0.2) is 4.87 Å². The van der Waals surface area contributed by atoms with Crippen molar-refractivity contribution in [3.05, 3.63) is 64.7 Å². The molecule has 0 radical (unpaired) electrons. The number of thioether (sulfide) groups is 1. The lowest BCUT2D eigenvalue weighted by molar-refractivity contribution is -0.128. The monoisotopic (exact) mass is 413 g/mol. The van der Waals surface area contributed by atoms with E-state index in [1.165, 1.54) is 21.6 Å². The largest absolute Gasteiger partial charge is 0.329 e. The van der Waals surface area contributed by atoms with E-state index in [-0.39, 0.29) is 18.4 Å². The van der Waals surface area contributed by atoms with E-state index < -0.39 is 16.9 Å². The first-order valence-corrected chi connectivity index (χ1v) is 10.2. The molecule has 1 spiro atoms. The predicted octanol–water partition coefficient (Wildman–Crippen LogP) is 3.05. The molecule has 8 heteroatoms. The molecule has 28 heavy (non-hydrogen) atoms. The highest BCUT2D eigenvalue weighted by molar-refractivity contribution is 8.01. The average Bonchev–Trinajstić information content (AvgIpc) is 3.28. The van der Waals surface area contributed by atoms with Gasteiger partial charge in [-0.05, 0) is 23.8 Å². The lowest BCUT2D eigenvalue weighted by Gasteiger charge is -2.31. The fourth-order valence-electron chi connectivity index (χ4n) is 4.21. The number of fused-ring (bicyclic) bond motifs is 4. The van der Waals surface area contributed by atoms with Gasteiger partial charge in [0.05, 0.1) is 12.2 Å². The van der Waals surface area contributed by atoms with Gasteiger partial charge in [-0.25, -0.2) is 4.79 Å². The molecule has 2 saturated heterocycles. The summed E-state index contributed by atoms with van der Waals surface area (Å²) in [7, 11) is 1.71. The second-order valence-electron chi connectivity index (χ2n) is 7.06. The van der Waals surface area contributed by atoms with E-state index >= 15 is 0 Å². The van der Waals surface area contributed by atoms with Gasteiger partial charge in [-0.2, -0.15) is 0 Å². The average molecular weight is 414 g/mol. The van der Waals surface area contributed by atoms with Crippen molar-refractivity contribution < 1.29 is 14.4 Å². The standard InChI is InChI=1S/C20H16ClN3O3S/c1-22-15-5-3-2-4-14(15)20(18(22)26)24-16(11-28-20)17(25)23(19(24)27)10-12-6-8-13(21)9-7-12/h2-9,16H,10-11H2,1H3/t16-,20+/m0/s1. The van der Waals surface area contributed by atoms with Crippen LogP contribution in [0.15, 0.2) is 48.5 Å². The molecule has 2 atom stereocenters. The molecule has 3 aliphatic heterocycles. The second kappa shape index (κ2) is 5.99. The van der Waals surface area contributed by atoms with Crippen molar-refractivity contribution in [2.24, 2.45) is 0 Å². The van der Waals surface area contributed by atoms with Gasteiger partial charge in [-0.1, -0.05) is 41.9 Å². The maximum absolute atomic E-state index is 13.3. The van der Waals surface area contributed by atoms with Gasteiger partial charge >= 0.3 is 6.03 Å². The molecule has 2 aromatic carbocycles. The molecule has 0 aliphatic carbocycles. The highest BCUT2D eigenvalue weighted by Crippen LogP contribution is 2.57. The van der Waals surface area contributed by atoms with Crippen molar-refractivity contribution in [2.45, 2.75) is 17.5 Å². The van der Waals surface area contributed by atoms with Crippen molar-refractivity contribution in [2.75, 3.05) is 17.7 Å². The van der Waals surface area contributed by atoms with Crippen LogP contribution < -0.4 is 4.90 Å². The number of anilines is 1. The van der Waals surface area contributed by atoms with Crippen molar-refractivity contribution in [3.8, 4) is 0 Å². The minimum atomic E-state index is -1.17. The molecule has 5 rings (SSSR count). The quantitative estimate of drug-likeness (QED) is 0.710. The Morgan fingerprint density at radius 1 is 1.11 bits per heavy atom. The number of rotatable bonds is 2. The third-order valence-corrected chi connectivity index (χ3v) is 7.31. The van der Waals surface area contributed by atoms with Crippen molar-refractivity contribution in [1.82, 2.24) is 9.80 Å². The Hall–Kier alpha value is -2.51. The lowest BCUT2D eigenvalue weighted by Crippen LogP contribution is -2.50. The summed E-state index contributed by atoms with van der Waals surface area (Å²) in [6.45, 7) is 0.161. The summed E-state index contributed by atoms with van der Waals surface area (Å²) in [6, 6.07) is 13.4. The van der Waals surface area contributed by atoms with E-state index in [9.17, 15) is 14.4 Å². The summed E-state index contributed by atoms with van der Waals surface area (Å²) in [4.78, 5) is 42.7. The van der Waals surface area contributed by atoms with E-state index in [4.69, 9.17) is 11.6 Å². The number of halogens is 1. The van der Waals surface area contributed by atoms with Crippen molar-refractivity contribution in [1.29, 1.82) is 0 Å². The molecule has 2 aromatic rings. The maximum atomic E-state index is 13.3. The number of carbonyl (C=O) groups excluding carboxylic acids is 3. The zero-order chi connectivity index (χ0) is 19.6. The molecule has 142 valence electrons. The first-order chi connectivity index (χ1) is 13.4. The molecule has 0 saturated carbocycles. The van der Waals surface area contributed by atoms with E-state index in [2.05, 4.69) is 0 Å². The number of hydrogen-bond donors (Lipinski definition) is 0. The van der Waals surface area contributed by atoms with Crippen LogP contribution in [-0.4, -0.2) is 46.5 Å². The minimum Gasteiger partial charge on any atom is -0.312 e. The van der Waals surface area contributed by atoms with Gasteiger partial charge in [-0.15, -0.1) is 11.8 Å². The van der Waals surface area contributed by atoms with Gasteiger partial charge < -0.3 is 4.90 Å². The Morgan fingerprint density at radius 2 is 1.82 bits per heavy atom. The fraction of sp³-hybridized carbons (Fsp3) is 0.250. The number of urea groups is 1. The van der Waals surface area contributed by atoms with Gasteiger partial charge in [-0.3, -0.25) is 19.4 Å². The summed E-state index contributed by atoms with van der Waals surface area (Å²) in [5, 5.41) is 0.593. The zero-order valence-electron chi connectivity index (χ0n) is 15.0. The normalized spacial score (nSPS) is 25.9. The van der Waals surface area contributed by atoms with Gasteiger partial charge in [0.25, 0.3) is 11.8 Å². The van der Waals surface area contributed by atoms with Crippen molar-refractivity contribution >= 4 is 46.9 Å². The number of nitrogens with zero attached hydrogens (tertiary/aromatic N) is 3. The van der Waals surface area contributed by atoms with Crippen LogP contribution in [-0.2, 0) is 21.0 Å². The van der Waals surface area contributed by atoms with Crippen LogP contribution in [0.25, 0.3) is 0 Å². The van der Waals surface area contributed by atoms with Crippen LogP contribution in [0.1, 0.15) is 11.1 Å². The second-order valence-corrected chi connectivity index (χ2v) is 8.70. The number of imide groups is 1. The summed E-state index contributed by atoms with van der Waals surface area (Å²) in [6.07, 6.45) is 0. The molecular formula is C20H16ClN3O3S. The number of para-hydroxylation sites is 1. The number of hydrogen-bond acceptors (Lipinski definition) is 4. The van der Waals surface area contributed by atoms with Crippen LogP contribution in [0, 0.1) is 0 Å². The molecule has 2 fully saturated rings. The molecule has 0 unspecified atom stereocenters. The summed E-state index contributed by atoms with van der Waals surface area (Å²) >= 11 is 7.29. The summed E-state index contributed by atoms with van der Waals surface area (Å²) in [5.41, 5.74) is 2.35. The van der Waals surface area contributed by atoms with Crippen LogP contribution >= 0.6 is 23.4 Å². The van der Waals surface area contributed by atoms with E-state index in [1.54, 1.807) is 36.2 Å². The topological polar surface area (TPSA) is 60.9 Å². The van der Waals surface area contributed by atoms with Gasteiger partial charge in [0, 0.05) is 23.4 Å². The van der Waals surface area contributed by atoms with Crippen LogP contribution in [0.4, 0.5) is 10.5 Å². The van der Waals surface area contributed by atoms with Gasteiger partial charge in [0.1, 0.15) is 6.04 Å². The molecule has 0 bridgehead atoms. The van der Waals surface area contributed by atoms with Crippen LogP contribution in [0.2, 0.25) is 5.02 Å². The fourth-order valence-corrected chi connectivity index (χ4v) is 5.96. The molecule has 4 amide bonds. The molecule has 3 heterocycles. The predicted molar refractivity (Wildman–Crippen MR) is 107 cm³/mol. The molecule has 3 aliphatic rings. The van der Waals surface area contributed by atoms with Gasteiger partial charge in [0.2, 0.25) is 0 Å². The Kier molecular flexibility index (Phi) is 3.76. The van der Waals surface area contributed by atoms with Crippen LogP contribution in [0.5, 0.6) is 0 Å². The first-order valence-electron chi connectivity index (χ1n) is 8.86. The molecule has 0 aromatic heterocycles. The Labute approximate surface area is 171 Å². The minimum absolute atomic E-state index is 0.161. The third-order valence-electron chi connectivity index (χ3n) is 5.57. The lowest BCUT2D eigenvalue weighted by atomic mass is 10.1. The van der Waals surface area contributed by atoms with Crippen molar-refractivity contribution in [3.63, 3.8) is 0 Å². The Morgan fingerprint density at radius 3 is 2.57 bits per heavy atom. The van der Waals surface area contributed by atoms with E-state index in [0.29, 0.717) is 10.8 Å². The summed E-state index contributed by atoms with van der Waals surface area (Å²) in [5.74, 6) is -0.0462. The van der Waals surface area contributed by atoms with E-state index in [1.807, 2.05) is 24.3 Å². The summed E-state index contributed by atoms with van der Waals surface area (Å²) < 4.78 is 0. The Bertz CT molecular complexity index is 1030. The number of amides is 4. The zero-order valence-corrected chi connectivity index (χ0v) is 16.5. The maximum Gasteiger partial charge on any atom is 0.329 e.